The first-order valence-corrected chi connectivity index (χ1v) is 12.2. The number of allylic oxidation sites excluding steroid dienone is 3. The van der Waals surface area contributed by atoms with Gasteiger partial charge < -0.3 is 10.2 Å². The van der Waals surface area contributed by atoms with Crippen LogP contribution in [0.3, 0.4) is 0 Å². The van der Waals surface area contributed by atoms with Gasteiger partial charge in [0.2, 0.25) is 0 Å². The van der Waals surface area contributed by atoms with Gasteiger partial charge in [-0.1, -0.05) is 44.3 Å². The van der Waals surface area contributed by atoms with Crippen LogP contribution in [0.1, 0.15) is 84.5 Å². The molecule has 4 rings (SSSR count). The van der Waals surface area contributed by atoms with Crippen LogP contribution in [0.25, 0.3) is 0 Å². The van der Waals surface area contributed by atoms with Crippen molar-refractivity contribution in [2.45, 2.75) is 90.1 Å². The number of carbonyl (C=O) groups is 2. The van der Waals surface area contributed by atoms with E-state index < -0.39 is 11.6 Å². The van der Waals surface area contributed by atoms with Crippen molar-refractivity contribution in [3.05, 3.63) is 23.8 Å². The van der Waals surface area contributed by atoms with E-state index in [2.05, 4.69) is 25.8 Å². The minimum Gasteiger partial charge on any atom is -0.481 e. The maximum Gasteiger partial charge on any atom is 0.303 e. The highest BCUT2D eigenvalue weighted by Crippen LogP contribution is 2.63. The topological polar surface area (TPSA) is 74.6 Å². The minimum atomic E-state index is -1.07. The zero-order valence-corrected chi connectivity index (χ0v) is 19.1. The molecule has 0 aromatic rings. The number of carbonyl (C=O) groups excluding carboxylic acids is 1. The molecule has 0 saturated heterocycles. The Hall–Kier alpha value is -1.86. The number of aliphatic carboxylic acids is 1. The van der Waals surface area contributed by atoms with Crippen molar-refractivity contribution in [2.75, 3.05) is 0 Å². The van der Waals surface area contributed by atoms with Gasteiger partial charge in [-0.15, -0.1) is 6.42 Å². The third-order valence-corrected chi connectivity index (χ3v) is 8.53. The molecule has 2 N–H and O–H groups in total. The number of hydrogen-bond donors (Lipinski definition) is 2. The Labute approximate surface area is 187 Å². The standard InChI is InChI=1S/C21H26O2.C6H12O2/c1-3-20-11-9-17-16-8-6-15(22)13-14(16)5-7-18(17)19(20)10-12-21(20,23)4-2;1-2-3-4-5-6(7)8/h2,10,12-13,16-19,23H,3,5-9,11H2,1H3;2-5H2,1H3,(H,7,8)/t16-,17+,18+,19-,20-,21-;/m0./s1. The maximum atomic E-state index is 11.7. The molecule has 0 spiro atoms. The normalized spacial score (nSPS) is 38.0. The largest absolute Gasteiger partial charge is 0.481 e. The molecule has 0 radical (unpaired) electrons. The minimum absolute atomic E-state index is 0.172. The maximum absolute atomic E-state index is 11.7. The molecule has 0 aliphatic heterocycles. The fraction of sp³-hybridized carbons (Fsp3) is 0.704. The van der Waals surface area contributed by atoms with Gasteiger partial charge in [0.25, 0.3) is 0 Å². The second kappa shape index (κ2) is 9.74. The van der Waals surface area contributed by atoms with Crippen LogP contribution in [0, 0.1) is 41.4 Å². The monoisotopic (exact) mass is 426 g/mol. The van der Waals surface area contributed by atoms with Gasteiger partial charge in [0.1, 0.15) is 5.60 Å². The Morgan fingerprint density at radius 1 is 1.19 bits per heavy atom. The summed E-state index contributed by atoms with van der Waals surface area (Å²) in [5.41, 5.74) is 0.158. The van der Waals surface area contributed by atoms with Crippen LogP contribution in [-0.4, -0.2) is 27.6 Å². The average molecular weight is 427 g/mol. The van der Waals surface area contributed by atoms with Crippen molar-refractivity contribution in [2.24, 2.45) is 29.1 Å². The lowest BCUT2D eigenvalue weighted by molar-refractivity contribution is -0.137. The molecule has 4 aliphatic carbocycles. The van der Waals surface area contributed by atoms with E-state index in [1.54, 1.807) is 0 Å². The van der Waals surface area contributed by atoms with E-state index in [-0.39, 0.29) is 5.41 Å². The zero-order chi connectivity index (χ0) is 22.6. The SMILES string of the molecule is C#C[C@]1(O)C=C[C@H]2[C@@H]3CCC4=CC(=O)CC[C@@H]4[C@H]3CC[C@@]21CC.CCCCCC(=O)O. The molecule has 0 aromatic carbocycles. The molecule has 4 nitrogen and oxygen atoms in total. The molecule has 4 heteroatoms. The van der Waals surface area contributed by atoms with E-state index in [1.165, 1.54) is 5.57 Å². The molecule has 0 heterocycles. The number of rotatable bonds is 5. The van der Waals surface area contributed by atoms with Crippen LogP contribution in [0.4, 0.5) is 0 Å². The summed E-state index contributed by atoms with van der Waals surface area (Å²) in [7, 11) is 0. The summed E-state index contributed by atoms with van der Waals surface area (Å²) >= 11 is 0. The first kappa shape index (κ1) is 23.8. The van der Waals surface area contributed by atoms with Gasteiger partial charge in [0, 0.05) is 18.3 Å². The first-order valence-electron chi connectivity index (χ1n) is 12.2. The summed E-state index contributed by atoms with van der Waals surface area (Å²) in [6.45, 7) is 4.23. The highest BCUT2D eigenvalue weighted by atomic mass is 16.4. The molecule has 4 aliphatic rings. The van der Waals surface area contributed by atoms with Crippen molar-refractivity contribution in [3.63, 3.8) is 0 Å². The Bertz CT molecular complexity index is 788. The highest BCUT2D eigenvalue weighted by Gasteiger charge is 2.61. The number of fused-ring (bicyclic) bond motifs is 5. The second-order valence-corrected chi connectivity index (χ2v) is 9.89. The van der Waals surface area contributed by atoms with Crippen molar-refractivity contribution in [1.82, 2.24) is 0 Å². The molecule has 170 valence electrons. The fourth-order valence-corrected chi connectivity index (χ4v) is 6.90. The average Bonchev–Trinajstić information content (AvgIpc) is 3.07. The predicted octanol–water partition coefficient (Wildman–Crippen LogP) is 5.31. The van der Waals surface area contributed by atoms with E-state index in [9.17, 15) is 14.7 Å². The number of ketones is 1. The van der Waals surface area contributed by atoms with Gasteiger partial charge in [-0.25, -0.2) is 0 Å². The molecule has 0 amide bonds. The summed E-state index contributed by atoms with van der Waals surface area (Å²) in [4.78, 5) is 21.6. The summed E-state index contributed by atoms with van der Waals surface area (Å²) in [6, 6.07) is 0. The molecular formula is C27H38O4. The van der Waals surface area contributed by atoms with Crippen LogP contribution in [0.2, 0.25) is 0 Å². The Kier molecular flexibility index (Phi) is 7.47. The zero-order valence-electron chi connectivity index (χ0n) is 19.1. The lowest BCUT2D eigenvalue weighted by Gasteiger charge is -2.55. The molecular weight excluding hydrogens is 388 g/mol. The van der Waals surface area contributed by atoms with Gasteiger partial charge in [-0.3, -0.25) is 9.59 Å². The van der Waals surface area contributed by atoms with Crippen LogP contribution >= 0.6 is 0 Å². The molecule has 0 unspecified atom stereocenters. The third-order valence-electron chi connectivity index (χ3n) is 8.53. The van der Waals surface area contributed by atoms with Crippen molar-refractivity contribution in [3.8, 4) is 12.3 Å². The van der Waals surface area contributed by atoms with E-state index in [0.29, 0.717) is 42.3 Å². The molecule has 6 atom stereocenters. The fourth-order valence-electron chi connectivity index (χ4n) is 6.90. The van der Waals surface area contributed by atoms with Crippen molar-refractivity contribution >= 4 is 11.8 Å². The molecule has 0 bridgehead atoms. The predicted molar refractivity (Wildman–Crippen MR) is 122 cm³/mol. The Morgan fingerprint density at radius 2 is 1.97 bits per heavy atom. The number of carboxylic acid groups (broad SMARTS) is 1. The number of hydrogen-bond acceptors (Lipinski definition) is 3. The lowest BCUT2D eigenvalue weighted by atomic mass is 9.49. The van der Waals surface area contributed by atoms with E-state index in [0.717, 1.165) is 57.8 Å². The summed E-state index contributed by atoms with van der Waals surface area (Å²) in [5.74, 6) is 4.60. The Morgan fingerprint density at radius 3 is 2.61 bits per heavy atom. The van der Waals surface area contributed by atoms with Crippen LogP contribution in [0.5, 0.6) is 0 Å². The summed E-state index contributed by atoms with van der Waals surface area (Å²) < 4.78 is 0. The van der Waals surface area contributed by atoms with Crippen LogP contribution < -0.4 is 0 Å². The molecule has 0 aromatic heterocycles. The smallest absolute Gasteiger partial charge is 0.303 e. The molecule has 2 fully saturated rings. The van der Waals surface area contributed by atoms with Crippen LogP contribution in [-0.2, 0) is 9.59 Å². The summed E-state index contributed by atoms with van der Waals surface area (Å²) in [6.07, 6.45) is 22.1. The van der Waals surface area contributed by atoms with Crippen molar-refractivity contribution < 1.29 is 19.8 Å². The van der Waals surface area contributed by atoms with Crippen LogP contribution in [0.15, 0.2) is 23.8 Å². The summed E-state index contributed by atoms with van der Waals surface area (Å²) in [5, 5.41) is 19.2. The quantitative estimate of drug-likeness (QED) is 0.355. The molecule has 31 heavy (non-hydrogen) atoms. The number of carboxylic acids is 1. The van der Waals surface area contributed by atoms with E-state index >= 15 is 0 Å². The van der Waals surface area contributed by atoms with Crippen molar-refractivity contribution in [1.29, 1.82) is 0 Å². The van der Waals surface area contributed by atoms with Gasteiger partial charge >= 0.3 is 5.97 Å². The van der Waals surface area contributed by atoms with Gasteiger partial charge in [-0.05, 0) is 80.8 Å². The van der Waals surface area contributed by atoms with Gasteiger partial charge in [0.15, 0.2) is 5.78 Å². The highest BCUT2D eigenvalue weighted by molar-refractivity contribution is 5.91. The number of aliphatic hydroxyl groups is 1. The van der Waals surface area contributed by atoms with Gasteiger partial charge in [-0.2, -0.15) is 0 Å². The molecule has 2 saturated carbocycles. The van der Waals surface area contributed by atoms with E-state index in [1.807, 2.05) is 12.2 Å². The number of terminal acetylenes is 1. The third kappa shape index (κ3) is 4.40. The second-order valence-electron chi connectivity index (χ2n) is 9.89. The lowest BCUT2D eigenvalue weighted by Crippen LogP contribution is -2.54. The number of unbranched alkanes of at least 4 members (excludes halogenated alkanes) is 2. The van der Waals surface area contributed by atoms with E-state index in [4.69, 9.17) is 11.5 Å². The van der Waals surface area contributed by atoms with Gasteiger partial charge in [0.05, 0.1) is 0 Å². The first-order chi connectivity index (χ1) is 14.8. The Balaban J connectivity index is 0.000000293.